The van der Waals surface area contributed by atoms with Crippen LogP contribution >= 0.6 is 0 Å². The van der Waals surface area contributed by atoms with Gasteiger partial charge in [-0.2, -0.15) is 0 Å². The van der Waals surface area contributed by atoms with E-state index >= 15 is 0 Å². The molecule has 23 heteroatoms. The van der Waals surface area contributed by atoms with Crippen molar-refractivity contribution in [3.63, 3.8) is 0 Å². The Balaban J connectivity index is 1.48. The summed E-state index contributed by atoms with van der Waals surface area (Å²) in [6.07, 6.45) is -0.944. The number of primary amides is 1. The average Bonchev–Trinajstić information content (AvgIpc) is 3.36. The fraction of sp³-hybridized carbons (Fsp3) is 0.283. The van der Waals surface area contributed by atoms with Crippen LogP contribution in [0.15, 0.2) is 115 Å². The quantitative estimate of drug-likeness (QED) is 0.0392. The first-order valence-corrected chi connectivity index (χ1v) is 23.7. The molecular formula is C53H60N8O15. The van der Waals surface area contributed by atoms with Gasteiger partial charge in [-0.3, -0.25) is 33.6 Å². The molecule has 0 saturated carbocycles. The van der Waals surface area contributed by atoms with E-state index in [1.807, 2.05) is 13.8 Å². The largest absolute Gasteiger partial charge is 0.508 e. The molecule has 0 unspecified atom stereocenters. The summed E-state index contributed by atoms with van der Waals surface area (Å²) in [7, 11) is 1.57. The van der Waals surface area contributed by atoms with Gasteiger partial charge in [-0.1, -0.05) is 62.4 Å². The summed E-state index contributed by atoms with van der Waals surface area (Å²) in [6.45, 7) is 3.79. The number of carboxylic acid groups (broad SMARTS) is 1. The lowest BCUT2D eigenvalue weighted by atomic mass is 9.99. The number of aliphatic carboxylic acids is 1. The lowest BCUT2D eigenvalue weighted by molar-refractivity contribution is -0.142. The normalized spacial score (nSPS) is 13.8. The molecule has 0 fully saturated rings. The minimum atomic E-state index is -1.89. The van der Waals surface area contributed by atoms with Crippen molar-refractivity contribution < 1.29 is 74.1 Å². The van der Waals surface area contributed by atoms with Crippen LogP contribution < -0.4 is 43.0 Å². The van der Waals surface area contributed by atoms with Crippen LogP contribution in [0.3, 0.4) is 0 Å². The van der Waals surface area contributed by atoms with Gasteiger partial charge in [-0.25, -0.2) is 4.79 Å². The molecule has 23 nitrogen and oxygen atoms in total. The van der Waals surface area contributed by atoms with Crippen molar-refractivity contribution in [2.24, 2.45) is 11.7 Å². The number of phenols is 6. The van der Waals surface area contributed by atoms with Crippen LogP contribution in [-0.4, -0.2) is 114 Å². The second-order valence-electron chi connectivity index (χ2n) is 18.2. The third kappa shape index (κ3) is 16.8. The third-order valence-corrected chi connectivity index (χ3v) is 11.8. The van der Waals surface area contributed by atoms with E-state index in [4.69, 9.17) is 5.73 Å². The van der Waals surface area contributed by atoms with Gasteiger partial charge < -0.3 is 78.7 Å². The zero-order valence-electron chi connectivity index (χ0n) is 41.4. The third-order valence-electron chi connectivity index (χ3n) is 11.8. The zero-order valence-corrected chi connectivity index (χ0v) is 41.4. The van der Waals surface area contributed by atoms with Gasteiger partial charge in [0.2, 0.25) is 41.4 Å². The minimum Gasteiger partial charge on any atom is -0.508 e. The summed E-state index contributed by atoms with van der Waals surface area (Å²) in [5.41, 5.74) is 6.14. The smallest absolute Gasteiger partial charge is 0.330 e. The van der Waals surface area contributed by atoms with Crippen molar-refractivity contribution in [1.82, 2.24) is 37.2 Å². The number of hydrogen-bond donors (Lipinski definition) is 15. The van der Waals surface area contributed by atoms with Crippen LogP contribution in [0.5, 0.6) is 34.5 Å². The number of carbonyl (C=O) groups is 8. The highest BCUT2D eigenvalue weighted by molar-refractivity contribution is 5.99. The number of rotatable bonds is 25. The first-order chi connectivity index (χ1) is 36.0. The molecule has 7 amide bonds. The van der Waals surface area contributed by atoms with E-state index in [9.17, 15) is 74.1 Å². The molecule has 402 valence electrons. The molecule has 7 atom stereocenters. The van der Waals surface area contributed by atoms with Gasteiger partial charge in [0.25, 0.3) is 0 Å². The Morgan fingerprint density at radius 2 is 0.763 bits per heavy atom. The van der Waals surface area contributed by atoms with Crippen LogP contribution in [0.25, 0.3) is 0 Å². The molecule has 0 aliphatic carbocycles. The molecule has 5 aromatic rings. The average molecular weight is 1050 g/mol. The predicted octanol–water partition coefficient (Wildman–Crippen LogP) is 1.33. The Hall–Kier alpha value is -9.38. The molecule has 5 aromatic carbocycles. The lowest BCUT2D eigenvalue weighted by Gasteiger charge is -2.28. The van der Waals surface area contributed by atoms with Crippen LogP contribution in [0, 0.1) is 5.92 Å². The molecule has 0 spiro atoms. The lowest BCUT2D eigenvalue weighted by Crippen LogP contribution is -2.58. The molecule has 0 aliphatic rings. The van der Waals surface area contributed by atoms with Crippen LogP contribution in [0.4, 0.5) is 0 Å². The Labute approximate surface area is 435 Å². The summed E-state index contributed by atoms with van der Waals surface area (Å²) in [5.74, 6) is -10.4. The van der Waals surface area contributed by atoms with Crippen molar-refractivity contribution in [3.05, 3.63) is 143 Å². The highest BCUT2D eigenvalue weighted by Gasteiger charge is 2.36. The summed E-state index contributed by atoms with van der Waals surface area (Å²) in [6, 6.07) is 12.7. The number of nitrogens with two attached hydrogens (primary N) is 1. The van der Waals surface area contributed by atoms with Crippen molar-refractivity contribution in [2.45, 2.75) is 81.8 Å². The van der Waals surface area contributed by atoms with Crippen molar-refractivity contribution in [3.8, 4) is 34.5 Å². The number of phenolic OH excluding ortho intramolecular Hbond substituents is 6. The number of carboxylic acids is 1. The second kappa shape index (κ2) is 26.5. The van der Waals surface area contributed by atoms with E-state index in [2.05, 4.69) is 37.2 Å². The van der Waals surface area contributed by atoms with E-state index < -0.39 is 108 Å². The minimum absolute atomic E-state index is 0.00337. The van der Waals surface area contributed by atoms with Gasteiger partial charge in [0.15, 0.2) is 6.04 Å². The molecule has 16 N–H and O–H groups in total. The van der Waals surface area contributed by atoms with Crippen LogP contribution in [0.2, 0.25) is 0 Å². The topological polar surface area (TPSA) is 388 Å². The predicted molar refractivity (Wildman–Crippen MR) is 272 cm³/mol. The molecule has 0 aromatic heterocycles. The summed E-state index contributed by atoms with van der Waals surface area (Å²) >= 11 is 0. The number of hydrogen-bond acceptors (Lipinski definition) is 15. The maximum Gasteiger partial charge on any atom is 0.330 e. The highest BCUT2D eigenvalue weighted by atomic mass is 16.4. The molecule has 0 radical (unpaired) electrons. The van der Waals surface area contributed by atoms with E-state index in [0.717, 1.165) is 18.2 Å². The van der Waals surface area contributed by atoms with Crippen LogP contribution in [0.1, 0.15) is 72.6 Å². The summed E-state index contributed by atoms with van der Waals surface area (Å²) in [4.78, 5) is 111. The van der Waals surface area contributed by atoms with Gasteiger partial charge in [0.1, 0.15) is 64.7 Å². The Kier molecular flexibility index (Phi) is 20.1. The Morgan fingerprint density at radius 1 is 0.421 bits per heavy atom. The van der Waals surface area contributed by atoms with Gasteiger partial charge in [0, 0.05) is 18.9 Å². The van der Waals surface area contributed by atoms with Crippen LogP contribution in [-0.2, 0) is 51.2 Å². The van der Waals surface area contributed by atoms with Crippen molar-refractivity contribution in [1.29, 1.82) is 0 Å². The SMILES string of the molecule is CN[C@H](CC(C)C)C(=O)N[C@H](Cc1ccc(O)cc1)C(=O)N[C@@H](CC(N)=O)C(=O)N[C@@H](C(=O)N[C@@H](C(=O)N[C@@H](Cc1ccc(O)cc1)C(=O)N[C@H](C(=O)O)c1cc(O)cc(O)c1)c1ccc(O)cc1)c1ccc(O)cc1. The number of benzene rings is 5. The number of nitrogens with one attached hydrogen (secondary N) is 7. The van der Waals surface area contributed by atoms with Crippen molar-refractivity contribution in [2.75, 3.05) is 7.05 Å². The van der Waals surface area contributed by atoms with Gasteiger partial charge in [-0.05, 0) is 108 Å². The van der Waals surface area contributed by atoms with Crippen molar-refractivity contribution >= 4 is 47.3 Å². The number of carbonyl (C=O) groups excluding carboxylic acids is 7. The maximum atomic E-state index is 14.7. The van der Waals surface area contributed by atoms with Gasteiger partial charge in [-0.15, -0.1) is 0 Å². The number of likely N-dealkylation sites (N-methyl/N-ethyl adjacent to an activating group) is 1. The molecule has 76 heavy (non-hydrogen) atoms. The first kappa shape index (κ1) is 57.5. The van der Waals surface area contributed by atoms with E-state index in [-0.39, 0.29) is 58.4 Å². The molecule has 0 heterocycles. The first-order valence-electron chi connectivity index (χ1n) is 23.7. The second-order valence-corrected chi connectivity index (χ2v) is 18.2. The summed E-state index contributed by atoms with van der Waals surface area (Å²) in [5, 5.41) is 88.4. The molecule has 0 aliphatic heterocycles. The molecular weight excluding hydrogens is 989 g/mol. The van der Waals surface area contributed by atoms with E-state index in [1.165, 1.54) is 97.1 Å². The van der Waals surface area contributed by atoms with E-state index in [0.29, 0.717) is 17.5 Å². The standard InChI is InChI=1S/C53H60N8O15/c1-27(2)20-39(55-3)47(69)56-40(21-28-4-12-33(62)13-5-28)48(70)57-42(26-43(54)68)50(72)59-45(31-10-18-36(65)19-11-31)52(74)60-44(30-8-16-35(64)17-9-30)51(73)58-41(22-29-6-14-34(63)15-7-29)49(71)61-46(53(75)76)32-23-37(66)25-38(67)24-32/h4-19,23-25,27,39-42,44-46,55,62-67H,20-22,26H2,1-3H3,(H2,54,68)(H,56,69)(H,57,70)(H,58,73)(H,59,72)(H,60,74)(H,61,71)(H,75,76)/t39-,40-,41+,42+,44-,45-,46+/m1/s1. The summed E-state index contributed by atoms with van der Waals surface area (Å²) < 4.78 is 0. The van der Waals surface area contributed by atoms with Gasteiger partial charge >= 0.3 is 5.97 Å². The Bertz CT molecular complexity index is 2850. The molecule has 0 bridgehead atoms. The van der Waals surface area contributed by atoms with E-state index in [1.54, 1.807) is 7.05 Å². The van der Waals surface area contributed by atoms with Gasteiger partial charge in [0.05, 0.1) is 12.5 Å². The number of amides is 7. The fourth-order valence-corrected chi connectivity index (χ4v) is 7.91. The molecule has 0 saturated heterocycles. The fourth-order valence-electron chi connectivity index (χ4n) is 7.91. The Morgan fingerprint density at radius 3 is 1.17 bits per heavy atom. The monoisotopic (exact) mass is 1050 g/mol. The number of aromatic hydroxyl groups is 6. The zero-order chi connectivity index (χ0) is 55.8. The maximum absolute atomic E-state index is 14.7. The molecule has 5 rings (SSSR count). The highest BCUT2D eigenvalue weighted by Crippen LogP contribution is 2.27.